The number of halogens is 3. The molecule has 0 radical (unpaired) electrons. The van der Waals surface area contributed by atoms with E-state index in [0.29, 0.717) is 21.6 Å². The van der Waals surface area contributed by atoms with Crippen LogP contribution in [0.5, 0.6) is 0 Å². The summed E-state index contributed by atoms with van der Waals surface area (Å²) in [4.78, 5) is 14.8. The van der Waals surface area contributed by atoms with Crippen LogP contribution in [0.25, 0.3) is 0 Å². The highest BCUT2D eigenvalue weighted by molar-refractivity contribution is 9.10. The molecular weight excluding hydrogens is 407 g/mol. The number of carbonyl (C=O) groups is 1. The number of carbonyl (C=O) groups excluding carboxylic acids is 1. The summed E-state index contributed by atoms with van der Waals surface area (Å²) in [5.74, 6) is -0.738. The Balaban J connectivity index is 1.78. The molecule has 0 bridgehead atoms. The highest BCUT2D eigenvalue weighted by Crippen LogP contribution is 2.30. The van der Waals surface area contributed by atoms with Crippen LogP contribution in [0.4, 0.5) is 4.39 Å². The zero-order chi connectivity index (χ0) is 17.8. The van der Waals surface area contributed by atoms with Crippen LogP contribution < -0.4 is 5.32 Å². The van der Waals surface area contributed by atoms with Crippen molar-refractivity contribution in [2.24, 2.45) is 0 Å². The first kappa shape index (κ1) is 18.4. The van der Waals surface area contributed by atoms with Crippen molar-refractivity contribution in [1.29, 1.82) is 0 Å². The Bertz CT molecular complexity index is 765. The van der Waals surface area contributed by atoms with Gasteiger partial charge in [-0.1, -0.05) is 29.8 Å². The minimum absolute atomic E-state index is 0.00693. The van der Waals surface area contributed by atoms with E-state index in [1.54, 1.807) is 0 Å². The number of likely N-dealkylation sites (tertiary alicyclic amines) is 1. The lowest BCUT2D eigenvalue weighted by molar-refractivity contribution is 0.0936. The van der Waals surface area contributed by atoms with Crippen LogP contribution in [0.15, 0.2) is 46.9 Å². The maximum Gasteiger partial charge on any atom is 0.252 e. The molecule has 6 heteroatoms. The van der Waals surface area contributed by atoms with Crippen molar-refractivity contribution in [3.63, 3.8) is 0 Å². The molecule has 25 heavy (non-hydrogen) atoms. The zero-order valence-electron chi connectivity index (χ0n) is 13.6. The van der Waals surface area contributed by atoms with E-state index in [9.17, 15) is 9.18 Å². The molecule has 1 heterocycles. The van der Waals surface area contributed by atoms with Crippen LogP contribution in [0, 0.1) is 5.82 Å². The first-order valence-corrected chi connectivity index (χ1v) is 9.45. The van der Waals surface area contributed by atoms with Gasteiger partial charge in [-0.3, -0.25) is 9.69 Å². The SMILES string of the molecule is O=C(NC[C@@H](c1ccccc1Cl)N1CCCC1)c1cc(F)ccc1Br. The number of nitrogens with one attached hydrogen (secondary N) is 1. The summed E-state index contributed by atoms with van der Waals surface area (Å²) >= 11 is 9.68. The molecule has 0 spiro atoms. The fourth-order valence-electron chi connectivity index (χ4n) is 3.19. The van der Waals surface area contributed by atoms with Gasteiger partial charge in [0, 0.05) is 16.0 Å². The summed E-state index contributed by atoms with van der Waals surface area (Å²) in [6, 6.07) is 11.8. The summed E-state index contributed by atoms with van der Waals surface area (Å²) < 4.78 is 14.0. The molecule has 1 aliphatic rings. The lowest BCUT2D eigenvalue weighted by Crippen LogP contribution is -2.37. The van der Waals surface area contributed by atoms with Gasteiger partial charge in [0.1, 0.15) is 5.82 Å². The molecular formula is C19H19BrClFN2O. The summed E-state index contributed by atoms with van der Waals surface area (Å²) in [6.45, 7) is 2.39. The molecule has 1 aliphatic heterocycles. The molecule has 2 aromatic carbocycles. The van der Waals surface area contributed by atoms with E-state index in [2.05, 4.69) is 26.1 Å². The van der Waals surface area contributed by atoms with E-state index in [1.165, 1.54) is 18.2 Å². The molecule has 1 saturated heterocycles. The van der Waals surface area contributed by atoms with Gasteiger partial charge in [-0.2, -0.15) is 0 Å². The number of amides is 1. The van der Waals surface area contributed by atoms with E-state index in [0.717, 1.165) is 31.5 Å². The molecule has 1 atom stereocenters. The molecule has 1 fully saturated rings. The fourth-order valence-corrected chi connectivity index (χ4v) is 3.88. The normalized spacial score (nSPS) is 16.0. The second kappa shape index (κ2) is 8.30. The fraction of sp³-hybridized carbons (Fsp3) is 0.316. The van der Waals surface area contributed by atoms with E-state index in [4.69, 9.17) is 11.6 Å². The van der Waals surface area contributed by atoms with Crippen molar-refractivity contribution in [3.05, 3.63) is 68.9 Å². The largest absolute Gasteiger partial charge is 0.350 e. The molecule has 3 nitrogen and oxygen atoms in total. The molecule has 0 unspecified atom stereocenters. The first-order valence-electron chi connectivity index (χ1n) is 8.28. The van der Waals surface area contributed by atoms with Gasteiger partial charge in [0.2, 0.25) is 0 Å². The Labute approximate surface area is 160 Å². The van der Waals surface area contributed by atoms with Gasteiger partial charge in [-0.05, 0) is 71.7 Å². The lowest BCUT2D eigenvalue weighted by atomic mass is 10.0. The first-order chi connectivity index (χ1) is 12.1. The van der Waals surface area contributed by atoms with Crippen molar-refractivity contribution >= 4 is 33.4 Å². The van der Waals surface area contributed by atoms with Crippen molar-refractivity contribution in [3.8, 4) is 0 Å². The minimum Gasteiger partial charge on any atom is -0.350 e. The van der Waals surface area contributed by atoms with Crippen LogP contribution in [0.2, 0.25) is 5.02 Å². The predicted octanol–water partition coefficient (Wildman–Crippen LogP) is 4.81. The number of rotatable bonds is 5. The maximum atomic E-state index is 13.4. The number of hydrogen-bond acceptors (Lipinski definition) is 2. The van der Waals surface area contributed by atoms with Gasteiger partial charge in [0.25, 0.3) is 5.91 Å². The lowest BCUT2D eigenvalue weighted by Gasteiger charge is -2.29. The number of hydrogen-bond donors (Lipinski definition) is 1. The third-order valence-corrected chi connectivity index (χ3v) is 5.51. The Morgan fingerprint density at radius 2 is 1.96 bits per heavy atom. The number of nitrogens with zero attached hydrogens (tertiary/aromatic N) is 1. The Morgan fingerprint density at radius 1 is 1.24 bits per heavy atom. The van der Waals surface area contributed by atoms with Gasteiger partial charge in [0.15, 0.2) is 0 Å². The molecule has 1 N–H and O–H groups in total. The van der Waals surface area contributed by atoms with Crippen LogP contribution >= 0.6 is 27.5 Å². The van der Waals surface area contributed by atoms with Crippen LogP contribution in [-0.2, 0) is 0 Å². The molecule has 1 amide bonds. The van der Waals surface area contributed by atoms with E-state index in [1.807, 2.05) is 24.3 Å². The number of benzene rings is 2. The van der Waals surface area contributed by atoms with Gasteiger partial charge in [-0.15, -0.1) is 0 Å². The topological polar surface area (TPSA) is 32.3 Å². The van der Waals surface area contributed by atoms with Crippen LogP contribution in [0.3, 0.4) is 0 Å². The van der Waals surface area contributed by atoms with E-state index < -0.39 is 5.82 Å². The van der Waals surface area contributed by atoms with E-state index >= 15 is 0 Å². The smallest absolute Gasteiger partial charge is 0.252 e. The molecule has 0 saturated carbocycles. The zero-order valence-corrected chi connectivity index (χ0v) is 16.0. The van der Waals surface area contributed by atoms with Crippen molar-refractivity contribution in [2.75, 3.05) is 19.6 Å². The Kier molecular flexibility index (Phi) is 6.10. The van der Waals surface area contributed by atoms with Gasteiger partial charge < -0.3 is 5.32 Å². The van der Waals surface area contributed by atoms with Crippen LogP contribution in [-0.4, -0.2) is 30.4 Å². The average Bonchev–Trinajstić information content (AvgIpc) is 3.13. The molecule has 132 valence electrons. The van der Waals surface area contributed by atoms with E-state index in [-0.39, 0.29) is 11.9 Å². The van der Waals surface area contributed by atoms with Crippen molar-refractivity contribution in [1.82, 2.24) is 10.2 Å². The van der Waals surface area contributed by atoms with Crippen molar-refractivity contribution < 1.29 is 9.18 Å². The quantitative estimate of drug-likeness (QED) is 0.746. The Morgan fingerprint density at radius 3 is 2.68 bits per heavy atom. The Hall–Kier alpha value is -1.43. The highest BCUT2D eigenvalue weighted by atomic mass is 79.9. The summed E-state index contributed by atoms with van der Waals surface area (Å²) in [6.07, 6.45) is 2.29. The molecule has 0 aromatic heterocycles. The summed E-state index contributed by atoms with van der Waals surface area (Å²) in [7, 11) is 0. The molecule has 0 aliphatic carbocycles. The summed E-state index contributed by atoms with van der Waals surface area (Å²) in [5, 5.41) is 3.63. The molecule has 2 aromatic rings. The van der Waals surface area contributed by atoms with Gasteiger partial charge in [-0.25, -0.2) is 4.39 Å². The highest BCUT2D eigenvalue weighted by Gasteiger charge is 2.26. The standard InChI is InChI=1S/C19H19BrClFN2O/c20-16-8-7-13(22)11-15(16)19(25)23-12-18(24-9-3-4-10-24)14-5-1-2-6-17(14)21/h1-2,5-8,11,18H,3-4,9-10,12H2,(H,23,25)/t18-/m0/s1. The third kappa shape index (κ3) is 4.40. The second-order valence-electron chi connectivity index (χ2n) is 6.11. The predicted molar refractivity (Wildman–Crippen MR) is 101 cm³/mol. The van der Waals surface area contributed by atoms with Gasteiger partial charge >= 0.3 is 0 Å². The van der Waals surface area contributed by atoms with Gasteiger partial charge in [0.05, 0.1) is 11.6 Å². The minimum atomic E-state index is -0.435. The summed E-state index contributed by atoms with van der Waals surface area (Å²) in [5.41, 5.74) is 1.30. The monoisotopic (exact) mass is 424 g/mol. The van der Waals surface area contributed by atoms with Crippen LogP contribution in [0.1, 0.15) is 34.8 Å². The second-order valence-corrected chi connectivity index (χ2v) is 7.38. The molecule has 3 rings (SSSR count). The third-order valence-electron chi connectivity index (χ3n) is 4.47. The average molecular weight is 426 g/mol. The van der Waals surface area contributed by atoms with Crippen molar-refractivity contribution in [2.45, 2.75) is 18.9 Å². The maximum absolute atomic E-state index is 13.4.